The van der Waals surface area contributed by atoms with Crippen molar-refractivity contribution in [2.24, 2.45) is 5.92 Å². The number of urea groups is 1. The second-order valence-corrected chi connectivity index (χ2v) is 8.68. The number of unbranched alkanes of at least 4 members (excludes halogenated alkanes) is 1. The molecule has 2 N–H and O–H groups in total. The number of nitrogens with one attached hydrogen (secondary N) is 2. The van der Waals surface area contributed by atoms with Crippen molar-refractivity contribution in [1.82, 2.24) is 10.2 Å². The number of hydrogen-bond acceptors (Lipinski definition) is 4. The van der Waals surface area contributed by atoms with Crippen LogP contribution in [0.3, 0.4) is 0 Å². The summed E-state index contributed by atoms with van der Waals surface area (Å²) in [6.45, 7) is 5.15. The fraction of sp³-hybridized carbons (Fsp3) is 0.462. The quantitative estimate of drug-likeness (QED) is 0.547. The third-order valence-electron chi connectivity index (χ3n) is 6.24. The van der Waals surface area contributed by atoms with Crippen molar-refractivity contribution < 1.29 is 23.5 Å². The molecule has 0 bridgehead atoms. The van der Waals surface area contributed by atoms with E-state index in [1.807, 2.05) is 0 Å². The fourth-order valence-corrected chi connectivity index (χ4v) is 4.24. The Balaban J connectivity index is 1.81. The number of hydrogen-bond donors (Lipinski definition) is 2. The van der Waals surface area contributed by atoms with Crippen LogP contribution in [0.5, 0.6) is 11.5 Å². The van der Waals surface area contributed by atoms with Gasteiger partial charge in [0.25, 0.3) is 0 Å². The maximum atomic E-state index is 13.9. The molecule has 0 spiro atoms. The zero-order chi connectivity index (χ0) is 24.7. The molecule has 2 unspecified atom stereocenters. The molecule has 3 amide bonds. The molecule has 0 aliphatic carbocycles. The van der Waals surface area contributed by atoms with E-state index < -0.39 is 5.92 Å². The van der Waals surface area contributed by atoms with E-state index in [9.17, 15) is 14.0 Å². The van der Waals surface area contributed by atoms with E-state index in [0.29, 0.717) is 48.8 Å². The summed E-state index contributed by atoms with van der Waals surface area (Å²) in [6.07, 6.45) is 2.42. The Bertz CT molecular complexity index is 1010. The minimum absolute atomic E-state index is 0.0847. The number of nitrogens with zero attached hydrogens (tertiary/aromatic N) is 1. The van der Waals surface area contributed by atoms with Crippen LogP contribution in [0.4, 0.5) is 14.9 Å². The number of rotatable bonds is 8. The Morgan fingerprint density at radius 1 is 1.12 bits per heavy atom. The molecule has 184 valence electrons. The van der Waals surface area contributed by atoms with E-state index >= 15 is 0 Å². The first kappa shape index (κ1) is 25.3. The van der Waals surface area contributed by atoms with Crippen molar-refractivity contribution in [3.05, 3.63) is 53.3 Å². The summed E-state index contributed by atoms with van der Waals surface area (Å²) in [6, 6.07) is 9.99. The first-order chi connectivity index (χ1) is 16.4. The third kappa shape index (κ3) is 6.18. The van der Waals surface area contributed by atoms with Gasteiger partial charge >= 0.3 is 6.03 Å². The zero-order valence-electron chi connectivity index (χ0n) is 20.3. The van der Waals surface area contributed by atoms with Crippen LogP contribution < -0.4 is 20.1 Å². The normalized spacial score (nSPS) is 17.7. The maximum absolute atomic E-state index is 13.9. The Hall–Kier alpha value is -3.29. The number of piperidine rings is 1. The lowest BCUT2D eigenvalue weighted by Crippen LogP contribution is -2.50. The summed E-state index contributed by atoms with van der Waals surface area (Å²) >= 11 is 0. The molecule has 2 atom stereocenters. The first-order valence-electron chi connectivity index (χ1n) is 11.7. The van der Waals surface area contributed by atoms with Crippen LogP contribution in [0.1, 0.15) is 43.2 Å². The van der Waals surface area contributed by atoms with Crippen molar-refractivity contribution in [2.75, 3.05) is 39.2 Å². The lowest BCUT2D eigenvalue weighted by molar-refractivity contribution is -0.121. The summed E-state index contributed by atoms with van der Waals surface area (Å²) in [5.74, 6) is 0.122. The average molecular weight is 472 g/mol. The fourth-order valence-electron chi connectivity index (χ4n) is 4.24. The Labute approximate surface area is 200 Å². The van der Waals surface area contributed by atoms with Gasteiger partial charge in [-0.15, -0.1) is 0 Å². The SMILES string of the molecule is CCCCNC(=O)N1CC(C(=O)Nc2ccc(OC)cc2OC)CC(c2ccc(F)c(C)c2)C1. The molecule has 1 heterocycles. The van der Waals surface area contributed by atoms with Gasteiger partial charge in [-0.1, -0.05) is 25.5 Å². The molecule has 1 aliphatic rings. The predicted octanol–water partition coefficient (Wildman–Crippen LogP) is 4.71. The molecule has 3 rings (SSSR count). The molecule has 0 radical (unpaired) electrons. The zero-order valence-corrected chi connectivity index (χ0v) is 20.3. The molecule has 0 saturated carbocycles. The number of aryl methyl sites for hydroxylation is 1. The minimum Gasteiger partial charge on any atom is -0.497 e. The number of halogens is 1. The van der Waals surface area contributed by atoms with E-state index in [-0.39, 0.29) is 23.7 Å². The molecule has 1 fully saturated rings. The number of amides is 3. The first-order valence-corrected chi connectivity index (χ1v) is 11.7. The van der Waals surface area contributed by atoms with E-state index in [2.05, 4.69) is 17.6 Å². The van der Waals surface area contributed by atoms with Crippen molar-refractivity contribution in [2.45, 2.75) is 39.0 Å². The largest absolute Gasteiger partial charge is 0.497 e. The number of likely N-dealkylation sites (tertiary alicyclic amines) is 1. The maximum Gasteiger partial charge on any atom is 0.317 e. The summed E-state index contributed by atoms with van der Waals surface area (Å²) in [5, 5.41) is 5.90. The van der Waals surface area contributed by atoms with Crippen LogP contribution in [0.2, 0.25) is 0 Å². The van der Waals surface area contributed by atoms with Crippen LogP contribution in [-0.2, 0) is 4.79 Å². The van der Waals surface area contributed by atoms with Crippen molar-refractivity contribution >= 4 is 17.6 Å². The van der Waals surface area contributed by atoms with Gasteiger partial charge in [0, 0.05) is 31.6 Å². The van der Waals surface area contributed by atoms with Gasteiger partial charge in [-0.3, -0.25) is 4.79 Å². The predicted molar refractivity (Wildman–Crippen MR) is 130 cm³/mol. The highest BCUT2D eigenvalue weighted by atomic mass is 19.1. The van der Waals surface area contributed by atoms with E-state index in [1.54, 1.807) is 49.3 Å². The standard InChI is InChI=1S/C26H34FN3O4/c1-5-6-11-28-26(32)30-15-19(18-7-9-22(27)17(2)12-18)13-20(16-30)25(31)29-23-10-8-21(33-3)14-24(23)34-4/h7-10,12,14,19-20H,5-6,11,13,15-16H2,1-4H3,(H,28,32)(H,29,31). The van der Waals surface area contributed by atoms with E-state index in [1.165, 1.54) is 13.2 Å². The molecule has 1 saturated heterocycles. The Morgan fingerprint density at radius 3 is 2.59 bits per heavy atom. The van der Waals surface area contributed by atoms with E-state index in [0.717, 1.165) is 18.4 Å². The number of benzene rings is 2. The molecule has 8 heteroatoms. The van der Waals surface area contributed by atoms with Gasteiger partial charge in [0.2, 0.25) is 5.91 Å². The average Bonchev–Trinajstić information content (AvgIpc) is 2.85. The van der Waals surface area contributed by atoms with Crippen LogP contribution in [-0.4, -0.2) is 50.7 Å². The molecule has 2 aromatic rings. The van der Waals surface area contributed by atoms with Crippen LogP contribution in [0.15, 0.2) is 36.4 Å². The van der Waals surface area contributed by atoms with Gasteiger partial charge in [-0.2, -0.15) is 0 Å². The molecule has 1 aliphatic heterocycles. The van der Waals surface area contributed by atoms with E-state index in [4.69, 9.17) is 9.47 Å². The summed E-state index contributed by atoms with van der Waals surface area (Å²) in [4.78, 5) is 27.9. The highest BCUT2D eigenvalue weighted by molar-refractivity contribution is 5.94. The lowest BCUT2D eigenvalue weighted by Gasteiger charge is -2.37. The lowest BCUT2D eigenvalue weighted by atomic mass is 9.83. The van der Waals surface area contributed by atoms with Gasteiger partial charge in [0.15, 0.2) is 0 Å². The monoisotopic (exact) mass is 471 g/mol. The number of ether oxygens (including phenoxy) is 2. The molecule has 7 nitrogen and oxygen atoms in total. The second kappa shape index (κ2) is 11.7. The summed E-state index contributed by atoms with van der Waals surface area (Å²) in [5.41, 5.74) is 2.00. The number of methoxy groups -OCH3 is 2. The van der Waals surface area contributed by atoms with Crippen molar-refractivity contribution in [3.8, 4) is 11.5 Å². The van der Waals surface area contributed by atoms with Gasteiger partial charge in [0.1, 0.15) is 17.3 Å². The second-order valence-electron chi connectivity index (χ2n) is 8.68. The Morgan fingerprint density at radius 2 is 1.91 bits per heavy atom. The number of anilines is 1. The number of carbonyl (C=O) groups is 2. The van der Waals surface area contributed by atoms with Gasteiger partial charge in [0.05, 0.1) is 25.8 Å². The van der Waals surface area contributed by atoms with Crippen molar-refractivity contribution in [3.63, 3.8) is 0 Å². The van der Waals surface area contributed by atoms with Crippen molar-refractivity contribution in [1.29, 1.82) is 0 Å². The molecular formula is C26H34FN3O4. The highest BCUT2D eigenvalue weighted by Gasteiger charge is 2.35. The topological polar surface area (TPSA) is 79.9 Å². The molecule has 34 heavy (non-hydrogen) atoms. The van der Waals surface area contributed by atoms with Crippen LogP contribution >= 0.6 is 0 Å². The molecule has 2 aromatic carbocycles. The number of carbonyl (C=O) groups excluding carboxylic acids is 2. The van der Waals surface area contributed by atoms with Gasteiger partial charge < -0.3 is 25.0 Å². The smallest absolute Gasteiger partial charge is 0.317 e. The van der Waals surface area contributed by atoms with Gasteiger partial charge in [-0.05, 0) is 49.1 Å². The summed E-state index contributed by atoms with van der Waals surface area (Å²) < 4.78 is 24.5. The minimum atomic E-state index is -0.437. The highest BCUT2D eigenvalue weighted by Crippen LogP contribution is 2.34. The van der Waals surface area contributed by atoms with Gasteiger partial charge in [-0.25, -0.2) is 9.18 Å². The molecular weight excluding hydrogens is 437 g/mol. The summed E-state index contributed by atoms with van der Waals surface area (Å²) in [7, 11) is 3.09. The third-order valence-corrected chi connectivity index (χ3v) is 6.24. The van der Waals surface area contributed by atoms with Crippen LogP contribution in [0.25, 0.3) is 0 Å². The van der Waals surface area contributed by atoms with Crippen LogP contribution in [0, 0.1) is 18.7 Å². The molecule has 0 aromatic heterocycles. The Kier molecular flexibility index (Phi) is 8.73.